The number of carbonyl (C=O) groups is 2. The minimum Gasteiger partial charge on any atom is -0.356 e. The number of carbonyl (C=O) groups excluding carboxylic acids is 2. The van der Waals surface area contributed by atoms with Crippen LogP contribution in [0, 0.1) is 5.92 Å². The van der Waals surface area contributed by atoms with Gasteiger partial charge in [-0.2, -0.15) is 0 Å². The topological polar surface area (TPSA) is 107 Å². The lowest BCUT2D eigenvalue weighted by Crippen LogP contribution is -2.42. The van der Waals surface area contributed by atoms with E-state index in [-0.39, 0.29) is 29.7 Å². The molecule has 0 bridgehead atoms. The quantitative estimate of drug-likeness (QED) is 0.219. The molecule has 0 aliphatic heterocycles. The number of rotatable bonds is 14. The molecule has 0 aliphatic rings. The van der Waals surface area contributed by atoms with E-state index in [1.165, 1.54) is 0 Å². The Bertz CT molecular complexity index is 417. The van der Waals surface area contributed by atoms with Crippen LogP contribution in [0.3, 0.4) is 0 Å². The van der Waals surface area contributed by atoms with Gasteiger partial charge in [-0.25, -0.2) is 0 Å². The van der Waals surface area contributed by atoms with Gasteiger partial charge in [0, 0.05) is 36.4 Å². The first kappa shape index (κ1) is 22.4. The smallest absolute Gasteiger partial charge is 0.219 e. The molecule has 0 saturated carbocycles. The molecule has 0 radical (unpaired) electrons. The van der Waals surface area contributed by atoms with E-state index in [9.17, 15) is 9.59 Å². The van der Waals surface area contributed by atoms with E-state index in [1.54, 1.807) is 0 Å². The van der Waals surface area contributed by atoms with Gasteiger partial charge in [0.25, 0.3) is 0 Å². The molecule has 0 aromatic heterocycles. The van der Waals surface area contributed by atoms with Gasteiger partial charge in [0.2, 0.25) is 5.91 Å². The third kappa shape index (κ3) is 11.9. The highest BCUT2D eigenvalue weighted by Crippen LogP contribution is 2.08. The normalized spacial score (nSPS) is 12.1. The lowest BCUT2D eigenvalue weighted by molar-refractivity contribution is -0.124. The fraction of sp³-hybridized carbons (Fsp3) is 0.882. The fourth-order valence-electron chi connectivity index (χ4n) is 2.41. The second-order valence-electron chi connectivity index (χ2n) is 6.69. The summed E-state index contributed by atoms with van der Waals surface area (Å²) in [6, 6.07) is 0.184. The molecular weight excluding hydrogens is 306 g/mol. The van der Waals surface area contributed by atoms with Crippen molar-refractivity contribution in [2.45, 2.75) is 78.3 Å². The molecule has 0 aliphatic carbocycles. The average molecular weight is 339 g/mol. The SMILES string of the molecule is CC(C)N[C@@H](CCCCNC(=O)CCCCN=[N+]=[N-])C(=O)C(C)C. The molecule has 0 aromatic carbocycles. The van der Waals surface area contributed by atoms with Gasteiger partial charge < -0.3 is 10.6 Å². The minimum atomic E-state index is -0.0959. The fourth-order valence-corrected chi connectivity index (χ4v) is 2.41. The van der Waals surface area contributed by atoms with Crippen LogP contribution in [0.4, 0.5) is 0 Å². The molecule has 0 saturated heterocycles. The summed E-state index contributed by atoms with van der Waals surface area (Å²) in [6.45, 7) is 9.03. The number of amides is 1. The first-order chi connectivity index (χ1) is 11.4. The Kier molecular flexibility index (Phi) is 12.9. The number of hydrogen-bond acceptors (Lipinski definition) is 4. The van der Waals surface area contributed by atoms with Gasteiger partial charge in [-0.15, -0.1) is 0 Å². The van der Waals surface area contributed by atoms with E-state index >= 15 is 0 Å². The van der Waals surface area contributed by atoms with E-state index < -0.39 is 0 Å². The molecule has 7 heteroatoms. The molecular formula is C17H33N5O2. The first-order valence-electron chi connectivity index (χ1n) is 8.95. The maximum atomic E-state index is 12.2. The van der Waals surface area contributed by atoms with Crippen molar-refractivity contribution < 1.29 is 9.59 Å². The summed E-state index contributed by atoms with van der Waals surface area (Å²) in [5.41, 5.74) is 8.15. The monoisotopic (exact) mass is 339 g/mol. The zero-order chi connectivity index (χ0) is 18.4. The Morgan fingerprint density at radius 1 is 1.08 bits per heavy atom. The molecule has 0 aromatic rings. The molecule has 7 nitrogen and oxygen atoms in total. The second-order valence-corrected chi connectivity index (χ2v) is 6.69. The van der Waals surface area contributed by atoms with Crippen LogP contribution < -0.4 is 10.6 Å². The number of ketones is 1. The lowest BCUT2D eigenvalue weighted by atomic mass is 9.96. The van der Waals surface area contributed by atoms with Crippen LogP contribution >= 0.6 is 0 Å². The third-order valence-corrected chi connectivity index (χ3v) is 3.66. The van der Waals surface area contributed by atoms with Crippen LogP contribution in [0.2, 0.25) is 0 Å². The van der Waals surface area contributed by atoms with Crippen molar-refractivity contribution in [3.63, 3.8) is 0 Å². The van der Waals surface area contributed by atoms with E-state index in [0.29, 0.717) is 19.5 Å². The second kappa shape index (κ2) is 13.8. The Labute approximate surface area is 145 Å². The number of Topliss-reactive ketones (excluding diaryl/α,β-unsaturated/α-hetero) is 1. The summed E-state index contributed by atoms with van der Waals surface area (Å²) in [5, 5.41) is 9.66. The molecule has 138 valence electrons. The zero-order valence-corrected chi connectivity index (χ0v) is 15.5. The lowest BCUT2D eigenvalue weighted by Gasteiger charge is -2.22. The zero-order valence-electron chi connectivity index (χ0n) is 15.5. The molecule has 0 heterocycles. The van der Waals surface area contributed by atoms with Crippen molar-refractivity contribution in [2.24, 2.45) is 11.0 Å². The van der Waals surface area contributed by atoms with Gasteiger partial charge in [-0.1, -0.05) is 32.8 Å². The van der Waals surface area contributed by atoms with Crippen LogP contribution in [0.5, 0.6) is 0 Å². The van der Waals surface area contributed by atoms with Crippen molar-refractivity contribution >= 4 is 11.7 Å². The Morgan fingerprint density at radius 2 is 1.79 bits per heavy atom. The summed E-state index contributed by atoms with van der Waals surface area (Å²) < 4.78 is 0. The Balaban J connectivity index is 3.86. The van der Waals surface area contributed by atoms with Crippen LogP contribution in [-0.2, 0) is 9.59 Å². The standard InChI is InChI=1S/C17H33N5O2/c1-13(2)17(24)15(21-14(3)4)9-5-7-11-19-16(23)10-6-8-12-20-22-18/h13-15,21H,5-12H2,1-4H3,(H,19,23)/t15-/m0/s1. The number of nitrogens with one attached hydrogen (secondary N) is 2. The van der Waals surface area contributed by atoms with E-state index in [4.69, 9.17) is 5.53 Å². The molecule has 0 spiro atoms. The first-order valence-corrected chi connectivity index (χ1v) is 8.95. The van der Waals surface area contributed by atoms with E-state index in [2.05, 4.69) is 20.7 Å². The maximum absolute atomic E-state index is 12.2. The van der Waals surface area contributed by atoms with Gasteiger partial charge in [0.1, 0.15) is 0 Å². The number of hydrogen-bond donors (Lipinski definition) is 2. The van der Waals surface area contributed by atoms with Gasteiger partial charge in [0.15, 0.2) is 5.78 Å². The van der Waals surface area contributed by atoms with Gasteiger partial charge in [0.05, 0.1) is 6.04 Å². The van der Waals surface area contributed by atoms with Crippen LogP contribution in [0.1, 0.15) is 66.2 Å². The van der Waals surface area contributed by atoms with Crippen molar-refractivity contribution in [3.8, 4) is 0 Å². The highest BCUT2D eigenvalue weighted by Gasteiger charge is 2.21. The molecule has 24 heavy (non-hydrogen) atoms. The van der Waals surface area contributed by atoms with Gasteiger partial charge >= 0.3 is 0 Å². The van der Waals surface area contributed by atoms with Crippen LogP contribution in [-0.4, -0.2) is 36.9 Å². The molecule has 0 rings (SSSR count). The summed E-state index contributed by atoms with van der Waals surface area (Å²) in [5.74, 6) is 0.324. The molecule has 1 amide bonds. The number of azide groups is 1. The van der Waals surface area contributed by atoms with Crippen molar-refractivity contribution in [1.82, 2.24) is 10.6 Å². The van der Waals surface area contributed by atoms with E-state index in [1.807, 2.05) is 27.7 Å². The Morgan fingerprint density at radius 3 is 2.38 bits per heavy atom. The summed E-state index contributed by atoms with van der Waals surface area (Å²) in [4.78, 5) is 26.5. The van der Waals surface area contributed by atoms with Crippen LogP contribution in [0.25, 0.3) is 10.4 Å². The predicted molar refractivity (Wildman–Crippen MR) is 96.6 cm³/mol. The van der Waals surface area contributed by atoms with Crippen molar-refractivity contribution in [2.75, 3.05) is 13.1 Å². The minimum absolute atomic E-state index is 0.0334. The summed E-state index contributed by atoms with van der Waals surface area (Å²) in [7, 11) is 0. The van der Waals surface area contributed by atoms with Crippen molar-refractivity contribution in [3.05, 3.63) is 10.4 Å². The molecule has 0 unspecified atom stereocenters. The van der Waals surface area contributed by atoms with Crippen LogP contribution in [0.15, 0.2) is 5.11 Å². The summed E-state index contributed by atoms with van der Waals surface area (Å²) >= 11 is 0. The largest absolute Gasteiger partial charge is 0.356 e. The maximum Gasteiger partial charge on any atom is 0.219 e. The predicted octanol–water partition coefficient (Wildman–Crippen LogP) is 3.35. The molecule has 2 N–H and O–H groups in total. The Hall–Kier alpha value is -1.59. The van der Waals surface area contributed by atoms with E-state index in [0.717, 1.165) is 32.1 Å². The molecule has 0 fully saturated rings. The summed E-state index contributed by atoms with van der Waals surface area (Å²) in [6.07, 6.45) is 4.50. The highest BCUT2D eigenvalue weighted by molar-refractivity contribution is 5.85. The van der Waals surface area contributed by atoms with Crippen molar-refractivity contribution in [1.29, 1.82) is 0 Å². The highest BCUT2D eigenvalue weighted by atomic mass is 16.1. The van der Waals surface area contributed by atoms with Gasteiger partial charge in [-0.05, 0) is 37.6 Å². The third-order valence-electron chi connectivity index (χ3n) is 3.66. The molecule has 1 atom stereocenters. The number of nitrogens with zero attached hydrogens (tertiary/aromatic N) is 3. The van der Waals surface area contributed by atoms with Gasteiger partial charge in [-0.3, -0.25) is 9.59 Å². The average Bonchev–Trinajstić information content (AvgIpc) is 2.52. The number of unbranched alkanes of at least 4 members (excludes halogenated alkanes) is 2.